The van der Waals surface area contributed by atoms with Crippen LogP contribution in [0.1, 0.15) is 12.0 Å². The molecule has 1 unspecified atom stereocenters. The molecule has 1 atom stereocenters. The van der Waals surface area contributed by atoms with Crippen molar-refractivity contribution < 1.29 is 8.95 Å². The Morgan fingerprint density at radius 3 is 2.56 bits per heavy atom. The van der Waals surface area contributed by atoms with Crippen molar-refractivity contribution in [3.63, 3.8) is 0 Å². The van der Waals surface area contributed by atoms with Crippen LogP contribution < -0.4 is 5.73 Å². The standard InChI is InChI=1S/C12H19NO2S/c1-15-8-2-9-16(14)10-7-11-3-5-12(13)6-4-11/h3-6H,2,7-10,13H2,1H3. The minimum atomic E-state index is -0.739. The topological polar surface area (TPSA) is 52.3 Å². The highest BCUT2D eigenvalue weighted by atomic mass is 32.2. The van der Waals surface area contributed by atoms with Crippen molar-refractivity contribution in [2.24, 2.45) is 0 Å². The molecule has 1 aromatic rings. The Bertz CT molecular complexity index is 324. The summed E-state index contributed by atoms with van der Waals surface area (Å²) in [5.74, 6) is 1.44. The zero-order chi connectivity index (χ0) is 11.8. The highest BCUT2D eigenvalue weighted by molar-refractivity contribution is 7.84. The molecule has 0 saturated heterocycles. The smallest absolute Gasteiger partial charge is 0.0471 e. The van der Waals surface area contributed by atoms with Gasteiger partial charge < -0.3 is 10.5 Å². The molecule has 3 nitrogen and oxygen atoms in total. The number of rotatable bonds is 7. The van der Waals surface area contributed by atoms with Crippen LogP contribution in [0.5, 0.6) is 0 Å². The first-order valence-electron chi connectivity index (χ1n) is 5.40. The largest absolute Gasteiger partial charge is 0.399 e. The maximum absolute atomic E-state index is 11.6. The Labute approximate surface area is 99.4 Å². The fraction of sp³-hybridized carbons (Fsp3) is 0.500. The quantitative estimate of drug-likeness (QED) is 0.582. The van der Waals surface area contributed by atoms with Gasteiger partial charge in [0.25, 0.3) is 0 Å². The number of benzene rings is 1. The van der Waals surface area contributed by atoms with E-state index in [1.807, 2.05) is 24.3 Å². The monoisotopic (exact) mass is 241 g/mol. The van der Waals surface area contributed by atoms with E-state index in [0.717, 1.165) is 24.3 Å². The molecule has 1 rings (SSSR count). The zero-order valence-corrected chi connectivity index (χ0v) is 10.5. The van der Waals surface area contributed by atoms with Crippen LogP contribution in [0.2, 0.25) is 0 Å². The fourth-order valence-electron chi connectivity index (χ4n) is 1.38. The molecule has 0 saturated carbocycles. The predicted molar refractivity (Wildman–Crippen MR) is 68.9 cm³/mol. The van der Waals surface area contributed by atoms with Gasteiger partial charge >= 0.3 is 0 Å². The van der Waals surface area contributed by atoms with Gasteiger partial charge in [0, 0.05) is 41.7 Å². The summed E-state index contributed by atoms with van der Waals surface area (Å²) in [6.45, 7) is 0.688. The lowest BCUT2D eigenvalue weighted by Gasteiger charge is -2.03. The van der Waals surface area contributed by atoms with Crippen LogP contribution in [-0.4, -0.2) is 29.4 Å². The van der Waals surface area contributed by atoms with Crippen molar-refractivity contribution in [1.82, 2.24) is 0 Å². The van der Waals surface area contributed by atoms with E-state index >= 15 is 0 Å². The molecule has 1 aromatic carbocycles. The van der Waals surface area contributed by atoms with Gasteiger partial charge in [0.15, 0.2) is 0 Å². The second kappa shape index (κ2) is 7.41. The molecule has 2 N–H and O–H groups in total. The Kier molecular flexibility index (Phi) is 6.11. The van der Waals surface area contributed by atoms with Crippen molar-refractivity contribution in [2.75, 3.05) is 31.0 Å². The molecule has 0 spiro atoms. The van der Waals surface area contributed by atoms with Crippen LogP contribution >= 0.6 is 0 Å². The van der Waals surface area contributed by atoms with E-state index in [-0.39, 0.29) is 0 Å². The van der Waals surface area contributed by atoms with Crippen molar-refractivity contribution in [3.05, 3.63) is 29.8 Å². The highest BCUT2D eigenvalue weighted by Gasteiger charge is 2.00. The molecule has 0 aliphatic rings. The minimum absolute atomic E-state index is 0.688. The summed E-state index contributed by atoms with van der Waals surface area (Å²) in [4.78, 5) is 0. The van der Waals surface area contributed by atoms with Crippen LogP contribution in [0, 0.1) is 0 Å². The summed E-state index contributed by atoms with van der Waals surface area (Å²) in [6.07, 6.45) is 1.71. The molecule has 0 aliphatic heterocycles. The molecular formula is C12H19NO2S. The highest BCUT2D eigenvalue weighted by Crippen LogP contribution is 2.06. The van der Waals surface area contributed by atoms with E-state index in [2.05, 4.69) is 0 Å². The maximum atomic E-state index is 11.6. The number of anilines is 1. The van der Waals surface area contributed by atoms with Gasteiger partial charge in [0.1, 0.15) is 0 Å². The first-order valence-corrected chi connectivity index (χ1v) is 6.89. The lowest BCUT2D eigenvalue weighted by atomic mass is 10.2. The van der Waals surface area contributed by atoms with Crippen molar-refractivity contribution >= 4 is 16.5 Å². The summed E-state index contributed by atoms with van der Waals surface area (Å²) in [7, 11) is 0.925. The Balaban J connectivity index is 2.23. The number of nitrogen functional groups attached to an aromatic ring is 1. The SMILES string of the molecule is COCCCS(=O)CCc1ccc(N)cc1. The fourth-order valence-corrected chi connectivity index (χ4v) is 2.49. The lowest BCUT2D eigenvalue weighted by Crippen LogP contribution is -2.07. The second-order valence-corrected chi connectivity index (χ2v) is 5.38. The van der Waals surface area contributed by atoms with Gasteiger partial charge in [-0.15, -0.1) is 0 Å². The van der Waals surface area contributed by atoms with E-state index < -0.39 is 10.8 Å². The molecule has 0 aliphatic carbocycles. The second-order valence-electron chi connectivity index (χ2n) is 3.69. The van der Waals surface area contributed by atoms with Gasteiger partial charge in [-0.25, -0.2) is 0 Å². The number of methoxy groups -OCH3 is 1. The number of hydrogen-bond donors (Lipinski definition) is 1. The molecule has 0 bridgehead atoms. The van der Waals surface area contributed by atoms with Crippen molar-refractivity contribution in [3.8, 4) is 0 Å². The van der Waals surface area contributed by atoms with E-state index in [1.54, 1.807) is 7.11 Å². The Hall–Kier alpha value is -0.870. The molecule has 0 aromatic heterocycles. The summed E-state index contributed by atoms with van der Waals surface area (Å²) >= 11 is 0. The maximum Gasteiger partial charge on any atom is 0.0471 e. The first-order chi connectivity index (χ1) is 7.72. The van der Waals surface area contributed by atoms with Gasteiger partial charge in [-0.05, 0) is 30.5 Å². The average molecular weight is 241 g/mol. The van der Waals surface area contributed by atoms with E-state index in [4.69, 9.17) is 10.5 Å². The summed E-state index contributed by atoms with van der Waals surface area (Å²) in [6, 6.07) is 7.73. The molecule has 4 heteroatoms. The van der Waals surface area contributed by atoms with E-state index in [9.17, 15) is 4.21 Å². The Morgan fingerprint density at radius 2 is 1.94 bits per heavy atom. The molecular weight excluding hydrogens is 222 g/mol. The average Bonchev–Trinajstić information content (AvgIpc) is 2.29. The van der Waals surface area contributed by atoms with Gasteiger partial charge in [-0.1, -0.05) is 12.1 Å². The van der Waals surface area contributed by atoms with E-state index in [1.165, 1.54) is 5.56 Å². The van der Waals surface area contributed by atoms with Gasteiger partial charge in [-0.2, -0.15) is 0 Å². The predicted octanol–water partition coefficient (Wildman–Crippen LogP) is 1.60. The van der Waals surface area contributed by atoms with Crippen molar-refractivity contribution in [1.29, 1.82) is 0 Å². The van der Waals surface area contributed by atoms with Crippen LogP contribution in [0.3, 0.4) is 0 Å². The molecule has 0 fully saturated rings. The zero-order valence-electron chi connectivity index (χ0n) is 9.65. The first kappa shape index (κ1) is 13.2. The summed E-state index contributed by atoms with van der Waals surface area (Å²) < 4.78 is 16.5. The molecule has 90 valence electrons. The van der Waals surface area contributed by atoms with Crippen molar-refractivity contribution in [2.45, 2.75) is 12.8 Å². The van der Waals surface area contributed by atoms with Crippen LogP contribution in [0.4, 0.5) is 5.69 Å². The lowest BCUT2D eigenvalue weighted by molar-refractivity contribution is 0.200. The molecule has 0 amide bonds. The third-order valence-corrected chi connectivity index (χ3v) is 3.72. The van der Waals surface area contributed by atoms with E-state index in [0.29, 0.717) is 12.4 Å². The molecule has 0 heterocycles. The molecule has 16 heavy (non-hydrogen) atoms. The van der Waals surface area contributed by atoms with Gasteiger partial charge in [0.05, 0.1) is 0 Å². The molecule has 0 radical (unpaired) electrons. The minimum Gasteiger partial charge on any atom is -0.399 e. The third kappa shape index (κ3) is 5.28. The number of aryl methyl sites for hydroxylation is 1. The number of nitrogens with two attached hydrogens (primary N) is 1. The Morgan fingerprint density at radius 1 is 1.25 bits per heavy atom. The van der Waals surface area contributed by atoms with Crippen LogP contribution in [-0.2, 0) is 22.0 Å². The van der Waals surface area contributed by atoms with Crippen LogP contribution in [0.15, 0.2) is 24.3 Å². The summed E-state index contributed by atoms with van der Waals surface area (Å²) in [5.41, 5.74) is 7.55. The summed E-state index contributed by atoms with van der Waals surface area (Å²) in [5, 5.41) is 0. The van der Waals surface area contributed by atoms with Gasteiger partial charge in [-0.3, -0.25) is 4.21 Å². The normalized spacial score (nSPS) is 12.6. The number of hydrogen-bond acceptors (Lipinski definition) is 3. The van der Waals surface area contributed by atoms with Gasteiger partial charge in [0.2, 0.25) is 0 Å². The number of ether oxygens (including phenoxy) is 1. The third-order valence-electron chi connectivity index (χ3n) is 2.32. The van der Waals surface area contributed by atoms with Crippen LogP contribution in [0.25, 0.3) is 0 Å².